The molecule has 1 N–H and O–H groups in total. The van der Waals surface area contributed by atoms with Gasteiger partial charge in [-0.1, -0.05) is 0 Å². The maximum atomic E-state index is 11.6. The van der Waals surface area contributed by atoms with E-state index in [-0.39, 0.29) is 11.9 Å². The van der Waals surface area contributed by atoms with Gasteiger partial charge in [0.2, 0.25) is 5.91 Å². The zero-order valence-electron chi connectivity index (χ0n) is 9.70. The van der Waals surface area contributed by atoms with Crippen molar-refractivity contribution in [3.63, 3.8) is 0 Å². The maximum absolute atomic E-state index is 11.6. The molecular weight excluding hydrogens is 230 g/mol. The van der Waals surface area contributed by atoms with Crippen molar-refractivity contribution in [1.82, 2.24) is 15.1 Å². The second-order valence-electron chi connectivity index (χ2n) is 4.17. The monoisotopic (exact) mass is 247 g/mol. The molecule has 0 aromatic carbocycles. The Hall–Kier alpha value is -0.810. The van der Waals surface area contributed by atoms with Crippen molar-refractivity contribution >= 4 is 23.5 Å². The van der Waals surface area contributed by atoms with Gasteiger partial charge < -0.3 is 9.80 Å². The summed E-state index contributed by atoms with van der Waals surface area (Å²) < 4.78 is 0. The number of carbonyl (C=O) groups excluding carboxylic acids is 2. The van der Waals surface area contributed by atoms with Gasteiger partial charge in [-0.15, -0.1) is 11.6 Å². The first kappa shape index (κ1) is 13.3. The summed E-state index contributed by atoms with van der Waals surface area (Å²) in [7, 11) is 4.08. The molecule has 1 heterocycles. The van der Waals surface area contributed by atoms with E-state index in [1.165, 1.54) is 0 Å². The lowest BCUT2D eigenvalue weighted by Crippen LogP contribution is -2.49. The number of likely N-dealkylation sites (tertiary alicyclic amines) is 1. The standard InChI is InChI=1S/C10H18ClN3O2/c1-13(2)8-3-5-14(6-4-8)10(16)12-9(15)7-11/h8H,3-7H2,1-2H3,(H,12,15,16). The molecule has 1 fully saturated rings. The van der Waals surface area contributed by atoms with Crippen molar-refractivity contribution in [2.45, 2.75) is 18.9 Å². The maximum Gasteiger partial charge on any atom is 0.324 e. The van der Waals surface area contributed by atoms with E-state index in [4.69, 9.17) is 11.6 Å². The number of carbonyl (C=O) groups is 2. The molecule has 0 aromatic heterocycles. The highest BCUT2D eigenvalue weighted by atomic mass is 35.5. The van der Waals surface area contributed by atoms with Crippen LogP contribution in [0.1, 0.15) is 12.8 Å². The molecular formula is C10H18ClN3O2. The molecule has 6 heteroatoms. The van der Waals surface area contributed by atoms with E-state index in [2.05, 4.69) is 10.2 Å². The highest BCUT2D eigenvalue weighted by molar-refractivity contribution is 6.28. The molecule has 3 amide bonds. The third kappa shape index (κ3) is 3.64. The smallest absolute Gasteiger partial charge is 0.324 e. The Balaban J connectivity index is 2.36. The second kappa shape index (κ2) is 6.06. The zero-order chi connectivity index (χ0) is 12.1. The predicted molar refractivity (Wildman–Crippen MR) is 62.5 cm³/mol. The largest absolute Gasteiger partial charge is 0.324 e. The molecule has 0 aliphatic carbocycles. The number of piperidine rings is 1. The van der Waals surface area contributed by atoms with Crippen LogP contribution in [0.25, 0.3) is 0 Å². The first-order valence-corrected chi connectivity index (χ1v) is 5.89. The average molecular weight is 248 g/mol. The minimum atomic E-state index is -0.443. The number of hydrogen-bond donors (Lipinski definition) is 1. The van der Waals surface area contributed by atoms with Crippen LogP contribution in [0, 0.1) is 0 Å². The van der Waals surface area contributed by atoms with Gasteiger partial charge in [0, 0.05) is 19.1 Å². The Bertz CT molecular complexity index is 263. The van der Waals surface area contributed by atoms with Crippen LogP contribution in [-0.2, 0) is 4.79 Å². The zero-order valence-corrected chi connectivity index (χ0v) is 10.5. The molecule has 0 atom stereocenters. The van der Waals surface area contributed by atoms with Crippen LogP contribution in [0.4, 0.5) is 4.79 Å². The van der Waals surface area contributed by atoms with E-state index in [1.54, 1.807) is 4.90 Å². The first-order valence-electron chi connectivity index (χ1n) is 5.35. The molecule has 0 bridgehead atoms. The van der Waals surface area contributed by atoms with Crippen molar-refractivity contribution < 1.29 is 9.59 Å². The summed E-state index contributed by atoms with van der Waals surface area (Å²) in [5.74, 6) is -0.624. The number of nitrogens with zero attached hydrogens (tertiary/aromatic N) is 2. The summed E-state index contributed by atoms with van der Waals surface area (Å²) >= 11 is 5.31. The summed E-state index contributed by atoms with van der Waals surface area (Å²) in [6.45, 7) is 1.37. The van der Waals surface area contributed by atoms with E-state index < -0.39 is 5.91 Å². The Kier molecular flexibility index (Phi) is 5.02. The van der Waals surface area contributed by atoms with Crippen molar-refractivity contribution in [2.75, 3.05) is 33.1 Å². The van der Waals surface area contributed by atoms with Crippen LogP contribution in [0.2, 0.25) is 0 Å². The molecule has 92 valence electrons. The van der Waals surface area contributed by atoms with Gasteiger partial charge in [0.05, 0.1) is 0 Å². The topological polar surface area (TPSA) is 52.6 Å². The van der Waals surface area contributed by atoms with Crippen LogP contribution >= 0.6 is 11.6 Å². The molecule has 0 spiro atoms. The average Bonchev–Trinajstić information content (AvgIpc) is 2.28. The van der Waals surface area contributed by atoms with Crippen LogP contribution < -0.4 is 5.32 Å². The number of rotatable bonds is 2. The fourth-order valence-electron chi connectivity index (χ4n) is 1.82. The van der Waals surface area contributed by atoms with Crippen LogP contribution in [0.3, 0.4) is 0 Å². The Morgan fingerprint density at radius 2 is 1.94 bits per heavy atom. The first-order chi connectivity index (χ1) is 7.54. The minimum absolute atomic E-state index is 0.181. The number of halogens is 1. The third-order valence-corrected chi connectivity index (χ3v) is 3.09. The van der Waals surface area contributed by atoms with Crippen molar-refractivity contribution in [1.29, 1.82) is 0 Å². The van der Waals surface area contributed by atoms with Gasteiger partial charge in [0.1, 0.15) is 5.88 Å². The Labute approximate surface area is 101 Å². The van der Waals surface area contributed by atoms with Gasteiger partial charge >= 0.3 is 6.03 Å². The molecule has 16 heavy (non-hydrogen) atoms. The summed E-state index contributed by atoms with van der Waals surface area (Å²) in [6, 6.07) is 0.190. The summed E-state index contributed by atoms with van der Waals surface area (Å²) in [6.07, 6.45) is 1.88. The molecule has 0 saturated carbocycles. The number of alkyl halides is 1. The third-order valence-electron chi connectivity index (χ3n) is 2.85. The van der Waals surface area contributed by atoms with Crippen LogP contribution in [0.15, 0.2) is 0 Å². The SMILES string of the molecule is CN(C)C1CCN(C(=O)NC(=O)CCl)CC1. The molecule has 5 nitrogen and oxygen atoms in total. The lowest BCUT2D eigenvalue weighted by atomic mass is 10.0. The van der Waals surface area contributed by atoms with Gasteiger partial charge in [-0.3, -0.25) is 10.1 Å². The molecule has 1 rings (SSSR count). The highest BCUT2D eigenvalue weighted by Crippen LogP contribution is 2.13. The fraction of sp³-hybridized carbons (Fsp3) is 0.800. The molecule has 1 aliphatic rings. The van der Waals surface area contributed by atoms with E-state index >= 15 is 0 Å². The Morgan fingerprint density at radius 3 is 2.38 bits per heavy atom. The number of nitrogens with one attached hydrogen (secondary N) is 1. The van der Waals surface area contributed by atoms with Gasteiger partial charge in [-0.2, -0.15) is 0 Å². The molecule has 0 aromatic rings. The van der Waals surface area contributed by atoms with Gasteiger partial charge in [0.25, 0.3) is 0 Å². The number of urea groups is 1. The summed E-state index contributed by atoms with van der Waals surface area (Å²) in [5.41, 5.74) is 0. The lowest BCUT2D eigenvalue weighted by molar-refractivity contribution is -0.117. The molecule has 1 saturated heterocycles. The summed E-state index contributed by atoms with van der Waals surface area (Å²) in [5, 5.41) is 2.25. The normalized spacial score (nSPS) is 17.6. The predicted octanol–water partition coefficient (Wildman–Crippen LogP) is 0.487. The van der Waals surface area contributed by atoms with E-state index in [0.717, 1.165) is 12.8 Å². The van der Waals surface area contributed by atoms with Gasteiger partial charge in [-0.25, -0.2) is 4.79 Å². The Morgan fingerprint density at radius 1 is 1.38 bits per heavy atom. The highest BCUT2D eigenvalue weighted by Gasteiger charge is 2.24. The lowest BCUT2D eigenvalue weighted by Gasteiger charge is -2.34. The van der Waals surface area contributed by atoms with E-state index in [0.29, 0.717) is 19.1 Å². The number of amides is 3. The van der Waals surface area contributed by atoms with Crippen molar-refractivity contribution in [3.05, 3.63) is 0 Å². The quantitative estimate of drug-likeness (QED) is 0.723. The summed E-state index contributed by atoms with van der Waals surface area (Å²) in [4.78, 5) is 26.3. The molecule has 0 radical (unpaired) electrons. The van der Waals surface area contributed by atoms with Gasteiger partial charge in [0.15, 0.2) is 0 Å². The van der Waals surface area contributed by atoms with Crippen molar-refractivity contribution in [2.24, 2.45) is 0 Å². The number of hydrogen-bond acceptors (Lipinski definition) is 3. The van der Waals surface area contributed by atoms with Crippen LogP contribution in [-0.4, -0.2) is 60.8 Å². The molecule has 1 aliphatic heterocycles. The number of imide groups is 1. The van der Waals surface area contributed by atoms with Crippen molar-refractivity contribution in [3.8, 4) is 0 Å². The van der Waals surface area contributed by atoms with E-state index in [9.17, 15) is 9.59 Å². The van der Waals surface area contributed by atoms with Gasteiger partial charge in [-0.05, 0) is 26.9 Å². The van der Waals surface area contributed by atoms with Crippen LogP contribution in [0.5, 0.6) is 0 Å². The molecule has 0 unspecified atom stereocenters. The minimum Gasteiger partial charge on any atom is -0.324 e. The second-order valence-corrected chi connectivity index (χ2v) is 4.44. The fourth-order valence-corrected chi connectivity index (χ4v) is 1.88. The van der Waals surface area contributed by atoms with E-state index in [1.807, 2.05) is 14.1 Å².